The fourth-order valence-electron chi connectivity index (χ4n) is 3.05. The molecule has 0 bridgehead atoms. The topological polar surface area (TPSA) is 87.2 Å². The van der Waals surface area contributed by atoms with Crippen LogP contribution in [0.3, 0.4) is 0 Å². The van der Waals surface area contributed by atoms with Crippen molar-refractivity contribution >= 4 is 26.7 Å². The van der Waals surface area contributed by atoms with Crippen molar-refractivity contribution in [2.45, 2.75) is 24.7 Å². The third-order valence-electron chi connectivity index (χ3n) is 4.27. The molecule has 1 aromatic heterocycles. The number of aromatic nitrogens is 1. The van der Waals surface area contributed by atoms with E-state index in [0.717, 1.165) is 22.7 Å². The minimum absolute atomic E-state index is 0.107. The molecule has 2 N–H and O–H groups in total. The lowest BCUT2D eigenvalue weighted by Gasteiger charge is -2.07. The van der Waals surface area contributed by atoms with Crippen LogP contribution in [0.5, 0.6) is 0 Å². The average molecular weight is 357 g/mol. The van der Waals surface area contributed by atoms with Gasteiger partial charge in [0.15, 0.2) is 9.84 Å². The van der Waals surface area contributed by atoms with Gasteiger partial charge in [-0.3, -0.25) is 0 Å². The molecular formula is C19H19NO4S. The van der Waals surface area contributed by atoms with Crippen LogP contribution in [0.1, 0.15) is 35.8 Å². The number of nitrogens with one attached hydrogen (secondary N) is 1. The van der Waals surface area contributed by atoms with Crippen LogP contribution in [0.4, 0.5) is 0 Å². The Labute approximate surface area is 146 Å². The van der Waals surface area contributed by atoms with E-state index in [9.17, 15) is 18.3 Å². The molecule has 0 amide bonds. The highest BCUT2D eigenvalue weighted by molar-refractivity contribution is 7.90. The number of carbonyl (C=O) groups is 1. The van der Waals surface area contributed by atoms with Crippen molar-refractivity contribution < 1.29 is 18.3 Å². The normalized spacial score (nSPS) is 12.0. The van der Waals surface area contributed by atoms with Gasteiger partial charge in [0.2, 0.25) is 0 Å². The first-order valence-electron chi connectivity index (χ1n) is 7.88. The summed E-state index contributed by atoms with van der Waals surface area (Å²) in [5.41, 5.74) is 3.19. The van der Waals surface area contributed by atoms with Gasteiger partial charge in [0.25, 0.3) is 0 Å². The highest BCUT2D eigenvalue weighted by atomic mass is 32.2. The maximum absolute atomic E-state index is 11.7. The van der Waals surface area contributed by atoms with Crippen LogP contribution in [-0.4, -0.2) is 30.7 Å². The van der Waals surface area contributed by atoms with Crippen molar-refractivity contribution in [1.29, 1.82) is 0 Å². The van der Waals surface area contributed by atoms with Gasteiger partial charge in [-0.15, -0.1) is 0 Å². The number of fused-ring (bicyclic) bond motifs is 1. The first-order valence-corrected chi connectivity index (χ1v) is 9.77. The molecule has 0 radical (unpaired) electrons. The van der Waals surface area contributed by atoms with Gasteiger partial charge in [0, 0.05) is 17.2 Å². The maximum atomic E-state index is 11.7. The van der Waals surface area contributed by atoms with Gasteiger partial charge >= 0.3 is 5.97 Å². The number of benzene rings is 2. The highest BCUT2D eigenvalue weighted by Gasteiger charge is 2.21. The van der Waals surface area contributed by atoms with E-state index in [-0.39, 0.29) is 16.5 Å². The summed E-state index contributed by atoms with van der Waals surface area (Å²) in [6.07, 6.45) is 1.14. The van der Waals surface area contributed by atoms with Crippen molar-refractivity contribution in [3.8, 4) is 11.1 Å². The summed E-state index contributed by atoms with van der Waals surface area (Å²) in [5, 5.41) is 10.4. The molecule has 130 valence electrons. The maximum Gasteiger partial charge on any atom is 0.352 e. The number of hydrogen-bond donors (Lipinski definition) is 2. The molecule has 0 saturated heterocycles. The molecule has 0 aliphatic heterocycles. The van der Waals surface area contributed by atoms with E-state index in [1.807, 2.05) is 18.2 Å². The summed E-state index contributed by atoms with van der Waals surface area (Å²) in [5.74, 6) is -0.808. The van der Waals surface area contributed by atoms with E-state index >= 15 is 0 Å². The summed E-state index contributed by atoms with van der Waals surface area (Å²) in [4.78, 5) is 15.0. The van der Waals surface area contributed by atoms with E-state index < -0.39 is 15.8 Å². The Hall–Kier alpha value is -2.60. The number of aromatic carboxylic acids is 1. The molecule has 2 aromatic carbocycles. The van der Waals surface area contributed by atoms with Crippen LogP contribution in [0.25, 0.3) is 22.0 Å². The first-order chi connectivity index (χ1) is 11.7. The number of para-hydroxylation sites is 1. The Morgan fingerprint density at radius 3 is 2.24 bits per heavy atom. The number of rotatable bonds is 4. The minimum atomic E-state index is -3.30. The monoisotopic (exact) mass is 357 g/mol. The van der Waals surface area contributed by atoms with Crippen LogP contribution in [0.15, 0.2) is 47.4 Å². The number of H-pyrrole nitrogens is 1. The Morgan fingerprint density at radius 1 is 1.08 bits per heavy atom. The number of aromatic amines is 1. The van der Waals surface area contributed by atoms with Gasteiger partial charge in [-0.1, -0.05) is 44.2 Å². The molecule has 5 nitrogen and oxygen atoms in total. The molecule has 0 aliphatic carbocycles. The molecule has 0 aliphatic rings. The highest BCUT2D eigenvalue weighted by Crippen LogP contribution is 2.36. The van der Waals surface area contributed by atoms with E-state index in [2.05, 4.69) is 18.8 Å². The van der Waals surface area contributed by atoms with Crippen molar-refractivity contribution in [1.82, 2.24) is 4.98 Å². The Bertz CT molecular complexity index is 1060. The smallest absolute Gasteiger partial charge is 0.352 e. The van der Waals surface area contributed by atoms with E-state index in [1.54, 1.807) is 12.1 Å². The largest absolute Gasteiger partial charge is 0.477 e. The quantitative estimate of drug-likeness (QED) is 0.737. The van der Waals surface area contributed by atoms with Crippen LogP contribution < -0.4 is 0 Å². The lowest BCUT2D eigenvalue weighted by atomic mass is 9.97. The summed E-state index contributed by atoms with van der Waals surface area (Å²) >= 11 is 0. The van der Waals surface area contributed by atoms with Crippen molar-refractivity contribution in [2.24, 2.45) is 0 Å². The first kappa shape index (κ1) is 17.2. The third-order valence-corrected chi connectivity index (χ3v) is 5.40. The third kappa shape index (κ3) is 3.05. The van der Waals surface area contributed by atoms with E-state index in [0.29, 0.717) is 11.1 Å². The zero-order chi connectivity index (χ0) is 18.4. The second-order valence-corrected chi connectivity index (χ2v) is 8.42. The number of hydrogen-bond acceptors (Lipinski definition) is 3. The summed E-state index contributed by atoms with van der Waals surface area (Å²) in [7, 11) is -3.30. The van der Waals surface area contributed by atoms with Crippen LogP contribution in [0, 0.1) is 0 Å². The zero-order valence-electron chi connectivity index (χ0n) is 14.2. The average Bonchev–Trinajstić information content (AvgIpc) is 2.93. The summed E-state index contributed by atoms with van der Waals surface area (Å²) in [6, 6.07) is 12.1. The van der Waals surface area contributed by atoms with Gasteiger partial charge in [0.1, 0.15) is 5.69 Å². The zero-order valence-corrected chi connectivity index (χ0v) is 15.0. The predicted molar refractivity (Wildman–Crippen MR) is 97.9 cm³/mol. The van der Waals surface area contributed by atoms with Crippen molar-refractivity contribution in [3.63, 3.8) is 0 Å². The molecule has 3 rings (SSSR count). The molecule has 25 heavy (non-hydrogen) atoms. The standard InChI is InChI=1S/C19H19NO4S/c1-11(2)14-5-4-6-15-16(18(19(21)22)20-17(14)15)12-7-9-13(10-8-12)25(3,23)24/h4-11,20H,1-3H3,(H,21,22). The molecule has 0 spiro atoms. The number of carboxylic acids is 1. The summed E-state index contributed by atoms with van der Waals surface area (Å²) in [6.45, 7) is 4.10. The minimum Gasteiger partial charge on any atom is -0.477 e. The van der Waals surface area contributed by atoms with Gasteiger partial charge in [-0.25, -0.2) is 13.2 Å². The van der Waals surface area contributed by atoms with Crippen LogP contribution >= 0.6 is 0 Å². The van der Waals surface area contributed by atoms with Crippen molar-refractivity contribution in [2.75, 3.05) is 6.26 Å². The van der Waals surface area contributed by atoms with Crippen LogP contribution in [-0.2, 0) is 9.84 Å². The fourth-order valence-corrected chi connectivity index (χ4v) is 3.68. The fraction of sp³-hybridized carbons (Fsp3) is 0.211. The van der Waals surface area contributed by atoms with Gasteiger partial charge in [-0.05, 0) is 29.2 Å². The number of sulfone groups is 1. The lowest BCUT2D eigenvalue weighted by molar-refractivity contribution is 0.0692. The molecule has 0 saturated carbocycles. The Balaban J connectivity index is 2.30. The van der Waals surface area contributed by atoms with Gasteiger partial charge in [0.05, 0.1) is 10.4 Å². The molecule has 0 fully saturated rings. The van der Waals surface area contributed by atoms with E-state index in [1.165, 1.54) is 12.1 Å². The Kier molecular flexibility index (Phi) is 4.16. The second kappa shape index (κ2) is 6.04. The van der Waals surface area contributed by atoms with Gasteiger partial charge in [-0.2, -0.15) is 0 Å². The summed E-state index contributed by atoms with van der Waals surface area (Å²) < 4.78 is 23.3. The van der Waals surface area contributed by atoms with E-state index in [4.69, 9.17) is 0 Å². The molecule has 3 aromatic rings. The van der Waals surface area contributed by atoms with Crippen LogP contribution in [0.2, 0.25) is 0 Å². The molecule has 6 heteroatoms. The predicted octanol–water partition coefficient (Wildman–Crippen LogP) is 4.06. The molecule has 0 unspecified atom stereocenters. The van der Waals surface area contributed by atoms with Crippen molar-refractivity contribution in [3.05, 3.63) is 53.7 Å². The molecule has 1 heterocycles. The number of carboxylic acid groups (broad SMARTS) is 1. The SMILES string of the molecule is CC(C)c1cccc2c(-c3ccc(S(C)(=O)=O)cc3)c(C(=O)O)[nH]c12. The molecular weight excluding hydrogens is 338 g/mol. The Morgan fingerprint density at radius 2 is 1.72 bits per heavy atom. The molecule has 0 atom stereocenters. The second-order valence-electron chi connectivity index (χ2n) is 6.40. The lowest BCUT2D eigenvalue weighted by Crippen LogP contribution is -2.00. The van der Waals surface area contributed by atoms with Gasteiger partial charge < -0.3 is 10.1 Å².